The van der Waals surface area contributed by atoms with E-state index in [1.54, 1.807) is 0 Å². The number of hydrogen-bond donors (Lipinski definition) is 1. The third-order valence-electron chi connectivity index (χ3n) is 2.02. The summed E-state index contributed by atoms with van der Waals surface area (Å²) >= 11 is 0. The zero-order valence-electron chi connectivity index (χ0n) is 6.29. The summed E-state index contributed by atoms with van der Waals surface area (Å²) < 4.78 is 4.97. The lowest BCUT2D eigenvalue weighted by Gasteiger charge is -2.18. The molecule has 1 aliphatic rings. The predicted octanol–water partition coefficient (Wildman–Crippen LogP) is 0.537. The SMILES string of the molecule is c1noc([C@H]2CCCNC2)n1. The molecule has 2 heterocycles. The van der Waals surface area contributed by atoms with Gasteiger partial charge < -0.3 is 9.84 Å². The molecule has 1 aromatic heterocycles. The first kappa shape index (κ1) is 6.79. The van der Waals surface area contributed by atoms with Crippen LogP contribution in [0.2, 0.25) is 0 Å². The molecule has 0 bridgehead atoms. The van der Waals surface area contributed by atoms with Gasteiger partial charge in [-0.3, -0.25) is 0 Å². The molecule has 0 radical (unpaired) electrons. The molecule has 11 heavy (non-hydrogen) atoms. The smallest absolute Gasteiger partial charge is 0.230 e. The summed E-state index contributed by atoms with van der Waals surface area (Å²) in [6, 6.07) is 0. The Hall–Kier alpha value is -0.900. The van der Waals surface area contributed by atoms with Crippen molar-refractivity contribution in [1.82, 2.24) is 15.5 Å². The van der Waals surface area contributed by atoms with Gasteiger partial charge in [-0.2, -0.15) is 4.98 Å². The molecule has 1 atom stereocenters. The second kappa shape index (κ2) is 3.00. The molecule has 1 aliphatic heterocycles. The summed E-state index contributed by atoms with van der Waals surface area (Å²) in [6.07, 6.45) is 3.83. The molecule has 1 saturated heterocycles. The topological polar surface area (TPSA) is 51.0 Å². The number of aromatic nitrogens is 2. The van der Waals surface area contributed by atoms with Crippen molar-refractivity contribution in [2.24, 2.45) is 0 Å². The maximum atomic E-state index is 4.97. The quantitative estimate of drug-likeness (QED) is 0.639. The van der Waals surface area contributed by atoms with Crippen LogP contribution in [-0.4, -0.2) is 23.2 Å². The Labute approximate surface area is 65.0 Å². The fourth-order valence-electron chi connectivity index (χ4n) is 1.42. The van der Waals surface area contributed by atoms with Gasteiger partial charge in [-0.05, 0) is 19.4 Å². The van der Waals surface area contributed by atoms with E-state index in [0.29, 0.717) is 5.92 Å². The number of hydrogen-bond acceptors (Lipinski definition) is 4. The Morgan fingerprint density at radius 2 is 2.64 bits per heavy atom. The molecule has 0 aromatic carbocycles. The van der Waals surface area contributed by atoms with E-state index in [9.17, 15) is 0 Å². The molecule has 1 fully saturated rings. The molecule has 0 aliphatic carbocycles. The Morgan fingerprint density at radius 3 is 3.27 bits per heavy atom. The molecule has 0 spiro atoms. The zero-order chi connectivity index (χ0) is 7.52. The van der Waals surface area contributed by atoms with E-state index in [2.05, 4.69) is 15.5 Å². The van der Waals surface area contributed by atoms with Gasteiger partial charge in [0.15, 0.2) is 6.33 Å². The van der Waals surface area contributed by atoms with Crippen molar-refractivity contribution in [3.8, 4) is 0 Å². The third-order valence-corrected chi connectivity index (χ3v) is 2.02. The predicted molar refractivity (Wildman–Crippen MR) is 39.1 cm³/mol. The van der Waals surface area contributed by atoms with Crippen LogP contribution < -0.4 is 5.32 Å². The van der Waals surface area contributed by atoms with Crippen molar-refractivity contribution < 1.29 is 4.52 Å². The van der Waals surface area contributed by atoms with Gasteiger partial charge in [0.1, 0.15) is 0 Å². The molecule has 1 aromatic rings. The van der Waals surface area contributed by atoms with E-state index in [1.165, 1.54) is 12.7 Å². The first-order valence-electron chi connectivity index (χ1n) is 3.94. The van der Waals surface area contributed by atoms with Gasteiger partial charge in [-0.15, -0.1) is 0 Å². The molecule has 0 saturated carbocycles. The van der Waals surface area contributed by atoms with Crippen LogP contribution in [-0.2, 0) is 0 Å². The van der Waals surface area contributed by atoms with Gasteiger partial charge in [-0.1, -0.05) is 5.16 Å². The van der Waals surface area contributed by atoms with Crippen molar-refractivity contribution in [1.29, 1.82) is 0 Å². The van der Waals surface area contributed by atoms with Crippen molar-refractivity contribution in [3.05, 3.63) is 12.2 Å². The van der Waals surface area contributed by atoms with Gasteiger partial charge in [-0.25, -0.2) is 0 Å². The third kappa shape index (κ3) is 1.40. The summed E-state index contributed by atoms with van der Waals surface area (Å²) in [5, 5.41) is 6.88. The van der Waals surface area contributed by atoms with E-state index in [0.717, 1.165) is 25.4 Å². The Balaban J connectivity index is 2.04. The molecule has 1 N–H and O–H groups in total. The normalized spacial score (nSPS) is 25.3. The number of nitrogens with one attached hydrogen (secondary N) is 1. The molecule has 0 amide bonds. The highest BCUT2D eigenvalue weighted by Crippen LogP contribution is 2.19. The van der Waals surface area contributed by atoms with Crippen molar-refractivity contribution in [2.45, 2.75) is 18.8 Å². The largest absolute Gasteiger partial charge is 0.339 e. The van der Waals surface area contributed by atoms with Crippen LogP contribution in [0.5, 0.6) is 0 Å². The van der Waals surface area contributed by atoms with Crippen LogP contribution in [0, 0.1) is 0 Å². The molecule has 4 nitrogen and oxygen atoms in total. The average molecular weight is 153 g/mol. The van der Waals surface area contributed by atoms with Gasteiger partial charge >= 0.3 is 0 Å². The van der Waals surface area contributed by atoms with E-state index >= 15 is 0 Å². The van der Waals surface area contributed by atoms with Crippen LogP contribution in [0.1, 0.15) is 24.7 Å². The summed E-state index contributed by atoms with van der Waals surface area (Å²) in [4.78, 5) is 4.02. The molecular formula is C7H11N3O. The highest BCUT2D eigenvalue weighted by Gasteiger charge is 2.19. The fraction of sp³-hybridized carbons (Fsp3) is 0.714. The van der Waals surface area contributed by atoms with Crippen LogP contribution in [0.25, 0.3) is 0 Å². The van der Waals surface area contributed by atoms with Crippen molar-refractivity contribution >= 4 is 0 Å². The zero-order valence-corrected chi connectivity index (χ0v) is 6.29. The number of rotatable bonds is 1. The van der Waals surface area contributed by atoms with E-state index < -0.39 is 0 Å². The second-order valence-corrected chi connectivity index (χ2v) is 2.82. The summed E-state index contributed by atoms with van der Waals surface area (Å²) in [5.74, 6) is 1.21. The van der Waals surface area contributed by atoms with Gasteiger partial charge in [0.05, 0.1) is 5.92 Å². The Morgan fingerprint density at radius 1 is 1.64 bits per heavy atom. The van der Waals surface area contributed by atoms with Crippen LogP contribution in [0.3, 0.4) is 0 Å². The minimum atomic E-state index is 0.436. The minimum absolute atomic E-state index is 0.436. The molecule has 60 valence electrons. The Bertz CT molecular complexity index is 203. The maximum absolute atomic E-state index is 4.97. The van der Waals surface area contributed by atoms with E-state index in [-0.39, 0.29) is 0 Å². The molecular weight excluding hydrogens is 142 g/mol. The fourth-order valence-corrected chi connectivity index (χ4v) is 1.42. The van der Waals surface area contributed by atoms with Crippen molar-refractivity contribution in [3.63, 3.8) is 0 Å². The second-order valence-electron chi connectivity index (χ2n) is 2.82. The average Bonchev–Trinajstić information content (AvgIpc) is 2.58. The van der Waals surface area contributed by atoms with Crippen LogP contribution >= 0.6 is 0 Å². The first-order valence-corrected chi connectivity index (χ1v) is 3.94. The van der Waals surface area contributed by atoms with Crippen LogP contribution in [0.15, 0.2) is 10.9 Å². The van der Waals surface area contributed by atoms with E-state index in [4.69, 9.17) is 4.52 Å². The van der Waals surface area contributed by atoms with E-state index in [1.807, 2.05) is 0 Å². The maximum Gasteiger partial charge on any atom is 0.230 e. The van der Waals surface area contributed by atoms with Gasteiger partial charge in [0, 0.05) is 6.54 Å². The highest BCUT2D eigenvalue weighted by molar-refractivity contribution is 4.92. The summed E-state index contributed by atoms with van der Waals surface area (Å²) in [6.45, 7) is 2.09. The number of piperidine rings is 1. The van der Waals surface area contributed by atoms with Crippen LogP contribution in [0.4, 0.5) is 0 Å². The van der Waals surface area contributed by atoms with Gasteiger partial charge in [0.2, 0.25) is 5.89 Å². The number of nitrogens with zero attached hydrogens (tertiary/aromatic N) is 2. The Kier molecular flexibility index (Phi) is 1.85. The summed E-state index contributed by atoms with van der Waals surface area (Å²) in [5.41, 5.74) is 0. The van der Waals surface area contributed by atoms with Gasteiger partial charge in [0.25, 0.3) is 0 Å². The lowest BCUT2D eigenvalue weighted by atomic mass is 10.00. The summed E-state index contributed by atoms with van der Waals surface area (Å²) in [7, 11) is 0. The minimum Gasteiger partial charge on any atom is -0.339 e. The highest BCUT2D eigenvalue weighted by atomic mass is 16.5. The lowest BCUT2D eigenvalue weighted by molar-refractivity contribution is 0.322. The molecule has 2 rings (SSSR count). The standard InChI is InChI=1S/C7H11N3O/c1-2-6(4-8-3-1)7-9-5-10-11-7/h5-6,8H,1-4H2/t6-/m0/s1. The molecule has 4 heteroatoms. The first-order chi connectivity index (χ1) is 5.47. The monoisotopic (exact) mass is 153 g/mol. The molecule has 0 unspecified atom stereocenters. The van der Waals surface area contributed by atoms with Crippen molar-refractivity contribution in [2.75, 3.05) is 13.1 Å². The lowest BCUT2D eigenvalue weighted by Crippen LogP contribution is -2.28.